The number of fused-ring (bicyclic) bond motifs is 1. The van der Waals surface area contributed by atoms with Gasteiger partial charge in [-0.1, -0.05) is 11.2 Å². The Balaban J connectivity index is 1.48. The van der Waals surface area contributed by atoms with E-state index in [1.807, 2.05) is 41.1 Å². The third-order valence-electron chi connectivity index (χ3n) is 5.68. The molecule has 0 amide bonds. The van der Waals surface area contributed by atoms with Crippen LogP contribution in [0, 0.1) is 4.91 Å². The van der Waals surface area contributed by atoms with Crippen molar-refractivity contribution in [2.45, 2.75) is 44.2 Å². The van der Waals surface area contributed by atoms with Crippen LogP contribution in [0.2, 0.25) is 0 Å². The predicted molar refractivity (Wildman–Crippen MR) is 124 cm³/mol. The van der Waals surface area contributed by atoms with Crippen LogP contribution in [0.3, 0.4) is 0 Å². The van der Waals surface area contributed by atoms with Crippen LogP contribution in [0.15, 0.2) is 47.9 Å². The molecule has 1 fully saturated rings. The lowest BCUT2D eigenvalue weighted by atomic mass is 9.92. The van der Waals surface area contributed by atoms with Crippen LogP contribution in [0.5, 0.6) is 5.75 Å². The molecule has 0 atom stereocenters. The van der Waals surface area contributed by atoms with Gasteiger partial charge in [-0.2, -0.15) is 9.89 Å². The maximum Gasteiger partial charge on any atom is 0.224 e. The van der Waals surface area contributed by atoms with Gasteiger partial charge < -0.3 is 14.6 Å². The highest BCUT2D eigenvalue weighted by Gasteiger charge is 2.22. The standard InChI is InChI=1S/C22H27N5O4S/c1-32(29,30)15-3-14-31-20-5-2-4-19-18(20)11-13-27(19)21-10-12-23-22(25-21)24-16-6-8-17(26-28)9-7-16/h2,4-5,10-13,16-17H,3,6-9,14-15H2,1H3,(H,23,24,25)/t16-,17-. The van der Waals surface area contributed by atoms with E-state index in [9.17, 15) is 13.3 Å². The second kappa shape index (κ2) is 9.64. The van der Waals surface area contributed by atoms with Crippen LogP contribution < -0.4 is 10.1 Å². The van der Waals surface area contributed by atoms with Crippen molar-refractivity contribution < 1.29 is 13.2 Å². The SMILES string of the molecule is CS(=O)(=O)CCCOc1cccc2c1ccn2-c1ccnc(N[C@H]2CC[C@H](N=O)CC2)n1. The smallest absolute Gasteiger partial charge is 0.224 e. The molecule has 4 rings (SSSR count). The van der Waals surface area contributed by atoms with Gasteiger partial charge in [-0.25, -0.2) is 13.4 Å². The van der Waals surface area contributed by atoms with Crippen LogP contribution in [-0.2, 0) is 9.84 Å². The minimum Gasteiger partial charge on any atom is -0.493 e. The molecule has 10 heteroatoms. The summed E-state index contributed by atoms with van der Waals surface area (Å²) in [5.41, 5.74) is 0.938. The number of hydrogen-bond acceptors (Lipinski definition) is 8. The van der Waals surface area contributed by atoms with Gasteiger partial charge in [-0.15, -0.1) is 0 Å². The molecule has 1 aromatic carbocycles. The summed E-state index contributed by atoms with van der Waals surface area (Å²) in [6, 6.07) is 9.74. The van der Waals surface area contributed by atoms with Crippen molar-refractivity contribution in [1.29, 1.82) is 0 Å². The number of nitrogens with zero attached hydrogens (tertiary/aromatic N) is 4. The van der Waals surface area contributed by atoms with Crippen molar-refractivity contribution in [3.05, 3.63) is 47.6 Å². The fourth-order valence-electron chi connectivity index (χ4n) is 4.03. The predicted octanol–water partition coefficient (Wildman–Crippen LogP) is 3.72. The molecular formula is C22H27N5O4S. The lowest BCUT2D eigenvalue weighted by Crippen LogP contribution is -2.28. The van der Waals surface area contributed by atoms with E-state index < -0.39 is 9.84 Å². The second-order valence-corrected chi connectivity index (χ2v) is 10.5. The van der Waals surface area contributed by atoms with E-state index in [4.69, 9.17) is 4.74 Å². The minimum absolute atomic E-state index is 0.0747. The summed E-state index contributed by atoms with van der Waals surface area (Å²) in [5.74, 6) is 2.10. The fourth-order valence-corrected chi connectivity index (χ4v) is 4.67. The second-order valence-electron chi connectivity index (χ2n) is 8.20. The van der Waals surface area contributed by atoms with Crippen molar-refractivity contribution in [2.24, 2.45) is 5.18 Å². The van der Waals surface area contributed by atoms with E-state index in [1.54, 1.807) is 6.20 Å². The van der Waals surface area contributed by atoms with Gasteiger partial charge in [0.05, 0.1) is 23.9 Å². The number of nitrogens with one attached hydrogen (secondary N) is 1. The van der Waals surface area contributed by atoms with Gasteiger partial charge in [-0.05, 0) is 56.4 Å². The number of anilines is 1. The monoisotopic (exact) mass is 457 g/mol. The zero-order valence-corrected chi connectivity index (χ0v) is 18.8. The molecule has 32 heavy (non-hydrogen) atoms. The Bertz CT molecular complexity index is 1190. The summed E-state index contributed by atoms with van der Waals surface area (Å²) in [5, 5.41) is 7.47. The molecule has 2 heterocycles. The van der Waals surface area contributed by atoms with E-state index in [0.29, 0.717) is 24.7 Å². The van der Waals surface area contributed by atoms with Crippen LogP contribution in [-0.4, -0.2) is 53.7 Å². The molecule has 1 aliphatic rings. The van der Waals surface area contributed by atoms with Gasteiger partial charge in [0.2, 0.25) is 5.95 Å². The first-order chi connectivity index (χ1) is 15.4. The highest BCUT2D eigenvalue weighted by Crippen LogP contribution is 2.29. The van der Waals surface area contributed by atoms with Crippen LogP contribution in [0.1, 0.15) is 32.1 Å². The van der Waals surface area contributed by atoms with Crippen molar-refractivity contribution in [1.82, 2.24) is 14.5 Å². The van der Waals surface area contributed by atoms with Gasteiger partial charge in [0, 0.05) is 30.1 Å². The third-order valence-corrected chi connectivity index (χ3v) is 6.71. The van der Waals surface area contributed by atoms with Gasteiger partial charge in [0.1, 0.15) is 21.4 Å². The maximum atomic E-state index is 11.3. The average Bonchev–Trinajstić information content (AvgIpc) is 3.22. The first kappa shape index (κ1) is 22.2. The molecule has 1 aliphatic carbocycles. The average molecular weight is 458 g/mol. The fraction of sp³-hybridized carbons (Fsp3) is 0.455. The van der Waals surface area contributed by atoms with Crippen LogP contribution >= 0.6 is 0 Å². The topological polar surface area (TPSA) is 116 Å². The van der Waals surface area contributed by atoms with Gasteiger partial charge in [0.25, 0.3) is 0 Å². The molecule has 0 radical (unpaired) electrons. The maximum absolute atomic E-state index is 11.3. The molecule has 0 aliphatic heterocycles. The van der Waals surface area contributed by atoms with Crippen molar-refractivity contribution in [3.8, 4) is 11.6 Å². The molecule has 1 saturated carbocycles. The molecule has 9 nitrogen and oxygen atoms in total. The van der Waals surface area contributed by atoms with Crippen molar-refractivity contribution in [2.75, 3.05) is 23.9 Å². The molecule has 3 aromatic rings. The molecule has 1 N–H and O–H groups in total. The summed E-state index contributed by atoms with van der Waals surface area (Å²) >= 11 is 0. The largest absolute Gasteiger partial charge is 0.493 e. The molecule has 0 unspecified atom stereocenters. The number of benzene rings is 1. The lowest BCUT2D eigenvalue weighted by Gasteiger charge is -2.25. The first-order valence-electron chi connectivity index (χ1n) is 10.8. The van der Waals surface area contributed by atoms with Gasteiger partial charge in [0.15, 0.2) is 0 Å². The highest BCUT2D eigenvalue weighted by molar-refractivity contribution is 7.90. The Morgan fingerprint density at radius 1 is 1.19 bits per heavy atom. The van der Waals surface area contributed by atoms with E-state index in [2.05, 4.69) is 20.5 Å². The number of hydrogen-bond donors (Lipinski definition) is 1. The summed E-state index contributed by atoms with van der Waals surface area (Å²) in [6.45, 7) is 0.334. The van der Waals surface area contributed by atoms with Crippen molar-refractivity contribution >= 4 is 26.7 Å². The summed E-state index contributed by atoms with van der Waals surface area (Å²) in [4.78, 5) is 19.7. The number of nitroso groups, excluding NO2 is 1. The minimum atomic E-state index is -2.99. The molecule has 0 saturated heterocycles. The van der Waals surface area contributed by atoms with E-state index in [1.165, 1.54) is 6.26 Å². The Labute approximate surface area is 187 Å². The van der Waals surface area contributed by atoms with E-state index >= 15 is 0 Å². The van der Waals surface area contributed by atoms with E-state index in [0.717, 1.165) is 42.4 Å². The zero-order valence-electron chi connectivity index (χ0n) is 18.0. The number of aromatic nitrogens is 3. The molecular weight excluding hydrogens is 430 g/mol. The number of sulfone groups is 1. The summed E-state index contributed by atoms with van der Waals surface area (Å²) in [7, 11) is -2.99. The number of ether oxygens (including phenoxy) is 1. The van der Waals surface area contributed by atoms with Crippen molar-refractivity contribution in [3.63, 3.8) is 0 Å². The van der Waals surface area contributed by atoms with Gasteiger partial charge >= 0.3 is 0 Å². The first-order valence-corrected chi connectivity index (χ1v) is 12.8. The Morgan fingerprint density at radius 2 is 2.00 bits per heavy atom. The Hall–Kier alpha value is -3.01. The molecule has 2 aromatic heterocycles. The molecule has 170 valence electrons. The third kappa shape index (κ3) is 5.42. The lowest BCUT2D eigenvalue weighted by molar-refractivity contribution is 0.321. The molecule has 0 spiro atoms. The molecule has 0 bridgehead atoms. The van der Waals surface area contributed by atoms with Gasteiger partial charge in [-0.3, -0.25) is 0 Å². The Morgan fingerprint density at radius 3 is 2.75 bits per heavy atom. The number of rotatable bonds is 9. The zero-order chi connectivity index (χ0) is 22.6. The normalized spacial score (nSPS) is 19.0. The highest BCUT2D eigenvalue weighted by atomic mass is 32.2. The van der Waals surface area contributed by atoms with Crippen LogP contribution in [0.4, 0.5) is 5.95 Å². The quantitative estimate of drug-likeness (QED) is 0.384. The van der Waals surface area contributed by atoms with Crippen LogP contribution in [0.25, 0.3) is 16.7 Å². The van der Waals surface area contributed by atoms with E-state index in [-0.39, 0.29) is 17.8 Å². The summed E-state index contributed by atoms with van der Waals surface area (Å²) < 4.78 is 30.4. The Kier molecular flexibility index (Phi) is 6.69. The summed E-state index contributed by atoms with van der Waals surface area (Å²) in [6.07, 6.45) is 8.65.